The summed E-state index contributed by atoms with van der Waals surface area (Å²) >= 11 is 0. The van der Waals surface area contributed by atoms with E-state index >= 15 is 0 Å². The van der Waals surface area contributed by atoms with E-state index in [1.54, 1.807) is 12.1 Å². The number of carbonyl (C=O) groups is 2. The van der Waals surface area contributed by atoms with Gasteiger partial charge in [-0.2, -0.15) is 0 Å². The van der Waals surface area contributed by atoms with Crippen LogP contribution in [0.5, 0.6) is 5.75 Å². The van der Waals surface area contributed by atoms with Crippen molar-refractivity contribution in [2.24, 2.45) is 5.73 Å². The van der Waals surface area contributed by atoms with Crippen molar-refractivity contribution < 1.29 is 19.1 Å². The fraction of sp³-hybridized carbons (Fsp3) is 0.154. The molecule has 0 saturated heterocycles. The lowest BCUT2D eigenvalue weighted by molar-refractivity contribution is 0.0999. The minimum atomic E-state index is -0.599. The largest absolute Gasteiger partial charge is 0.497 e. The molecule has 0 radical (unpaired) electrons. The van der Waals surface area contributed by atoms with Crippen LogP contribution in [0.3, 0.4) is 0 Å². The number of benzene rings is 3. The predicted octanol–water partition coefficient (Wildman–Crippen LogP) is 3.68. The van der Waals surface area contributed by atoms with E-state index < -0.39 is 12.0 Å². The lowest BCUT2D eigenvalue weighted by atomic mass is 9.98. The highest BCUT2D eigenvalue weighted by Crippen LogP contribution is 2.44. The van der Waals surface area contributed by atoms with Crippen LogP contribution in [-0.4, -0.2) is 32.3 Å². The Balaban J connectivity index is 1.36. The second-order valence-electron chi connectivity index (χ2n) is 7.26. The molecule has 0 bridgehead atoms. The van der Waals surface area contributed by atoms with Gasteiger partial charge in [-0.05, 0) is 40.5 Å². The highest BCUT2D eigenvalue weighted by molar-refractivity contribution is 5.96. The summed E-state index contributed by atoms with van der Waals surface area (Å²) in [6, 6.07) is 21.2. The van der Waals surface area contributed by atoms with E-state index in [4.69, 9.17) is 15.2 Å². The van der Waals surface area contributed by atoms with Crippen molar-refractivity contribution in [3.8, 4) is 28.7 Å². The number of nitrogens with two attached hydrogens (primary N) is 1. The summed E-state index contributed by atoms with van der Waals surface area (Å²) in [4.78, 5) is 23.8. The first-order valence-electron chi connectivity index (χ1n) is 10.1. The number of alkyl carbamates (subject to hydrolysis) is 1. The van der Waals surface area contributed by atoms with E-state index in [0.29, 0.717) is 11.3 Å². The van der Waals surface area contributed by atoms with Crippen LogP contribution >= 0.6 is 0 Å². The Morgan fingerprint density at radius 3 is 2.28 bits per heavy atom. The molecule has 6 nitrogen and oxygen atoms in total. The zero-order chi connectivity index (χ0) is 22.5. The van der Waals surface area contributed by atoms with Gasteiger partial charge in [0.25, 0.3) is 0 Å². The Labute approximate surface area is 186 Å². The molecule has 0 spiro atoms. The number of methoxy groups -OCH3 is 1. The number of primary amides is 1. The van der Waals surface area contributed by atoms with Crippen LogP contribution in [0.2, 0.25) is 0 Å². The van der Waals surface area contributed by atoms with Crippen LogP contribution in [0.15, 0.2) is 66.7 Å². The zero-order valence-electron chi connectivity index (χ0n) is 17.6. The number of carbonyl (C=O) groups excluding carboxylic acids is 2. The molecule has 0 heterocycles. The fourth-order valence-corrected chi connectivity index (χ4v) is 3.87. The van der Waals surface area contributed by atoms with Crippen molar-refractivity contribution in [1.29, 1.82) is 0 Å². The number of ether oxygens (including phenoxy) is 2. The van der Waals surface area contributed by atoms with Gasteiger partial charge < -0.3 is 20.5 Å². The van der Waals surface area contributed by atoms with Gasteiger partial charge in [0.05, 0.1) is 19.2 Å². The van der Waals surface area contributed by atoms with Crippen LogP contribution in [0.4, 0.5) is 4.79 Å². The summed E-state index contributed by atoms with van der Waals surface area (Å²) in [5.41, 5.74) is 10.8. The van der Waals surface area contributed by atoms with Gasteiger partial charge in [-0.25, -0.2) is 4.79 Å². The van der Waals surface area contributed by atoms with Crippen LogP contribution in [0.25, 0.3) is 11.1 Å². The Hall–Kier alpha value is -4.24. The first kappa shape index (κ1) is 21.0. The third-order valence-electron chi connectivity index (χ3n) is 5.38. The minimum absolute atomic E-state index is 0.00309. The number of amides is 2. The molecule has 3 aromatic rings. The van der Waals surface area contributed by atoms with Crippen molar-refractivity contribution in [1.82, 2.24) is 5.32 Å². The van der Waals surface area contributed by atoms with Crippen molar-refractivity contribution in [3.63, 3.8) is 0 Å². The molecule has 3 aromatic carbocycles. The van der Waals surface area contributed by atoms with E-state index in [-0.39, 0.29) is 24.6 Å². The molecule has 32 heavy (non-hydrogen) atoms. The predicted molar refractivity (Wildman–Crippen MR) is 121 cm³/mol. The van der Waals surface area contributed by atoms with Gasteiger partial charge in [-0.15, -0.1) is 0 Å². The van der Waals surface area contributed by atoms with Gasteiger partial charge in [0.2, 0.25) is 5.91 Å². The highest BCUT2D eigenvalue weighted by Gasteiger charge is 2.28. The van der Waals surface area contributed by atoms with E-state index in [1.165, 1.54) is 24.3 Å². The van der Waals surface area contributed by atoms with E-state index in [9.17, 15) is 9.59 Å². The maximum atomic E-state index is 12.2. The Morgan fingerprint density at radius 1 is 1.00 bits per heavy atom. The van der Waals surface area contributed by atoms with E-state index in [2.05, 4.69) is 41.4 Å². The summed E-state index contributed by atoms with van der Waals surface area (Å²) < 4.78 is 10.6. The molecule has 0 fully saturated rings. The molecular formula is C26H22N2O4. The summed E-state index contributed by atoms with van der Waals surface area (Å²) in [5.74, 6) is 5.57. The Kier molecular flexibility index (Phi) is 6.09. The topological polar surface area (TPSA) is 90.7 Å². The number of fused-ring (bicyclic) bond motifs is 3. The van der Waals surface area contributed by atoms with Gasteiger partial charge in [-0.3, -0.25) is 4.79 Å². The molecule has 0 saturated carbocycles. The standard InChI is InChI=1S/C26H22N2O4/c1-31-18-13-12-17(23(15-18)25(27)29)7-6-14-28-26(30)32-16-24-21-10-4-2-8-19(21)20-9-3-5-11-22(20)24/h2-5,8-13,15,24H,14,16H2,1H3,(H2,27,29)(H,28,30). The van der Waals surface area contributed by atoms with Crippen LogP contribution in [0, 0.1) is 11.8 Å². The van der Waals surface area contributed by atoms with Crippen molar-refractivity contribution in [2.45, 2.75) is 5.92 Å². The fourth-order valence-electron chi connectivity index (χ4n) is 3.87. The minimum Gasteiger partial charge on any atom is -0.497 e. The summed E-state index contributed by atoms with van der Waals surface area (Å²) in [7, 11) is 1.50. The molecule has 4 rings (SSSR count). The lowest BCUT2D eigenvalue weighted by Crippen LogP contribution is -2.26. The lowest BCUT2D eigenvalue weighted by Gasteiger charge is -2.14. The molecule has 2 amide bonds. The molecular weight excluding hydrogens is 404 g/mol. The molecule has 1 aliphatic carbocycles. The van der Waals surface area contributed by atoms with Crippen molar-refractivity contribution in [3.05, 3.63) is 89.0 Å². The number of hydrogen-bond acceptors (Lipinski definition) is 4. The first-order valence-corrected chi connectivity index (χ1v) is 10.1. The van der Waals surface area contributed by atoms with Crippen molar-refractivity contribution in [2.75, 3.05) is 20.3 Å². The Bertz CT molecular complexity index is 1190. The van der Waals surface area contributed by atoms with Crippen LogP contribution in [-0.2, 0) is 4.74 Å². The van der Waals surface area contributed by atoms with E-state index in [1.807, 2.05) is 24.3 Å². The number of nitrogens with one attached hydrogen (secondary N) is 1. The molecule has 160 valence electrons. The molecule has 0 unspecified atom stereocenters. The maximum Gasteiger partial charge on any atom is 0.407 e. The molecule has 1 aliphatic rings. The van der Waals surface area contributed by atoms with Crippen LogP contribution < -0.4 is 15.8 Å². The average Bonchev–Trinajstić information content (AvgIpc) is 3.14. The second kappa shape index (κ2) is 9.27. The Morgan fingerprint density at radius 2 is 1.66 bits per heavy atom. The molecule has 3 N–H and O–H groups in total. The van der Waals surface area contributed by atoms with Gasteiger partial charge in [0.15, 0.2) is 0 Å². The average molecular weight is 426 g/mol. The molecule has 0 aromatic heterocycles. The van der Waals surface area contributed by atoms with E-state index in [0.717, 1.165) is 11.1 Å². The molecule has 0 aliphatic heterocycles. The first-order chi connectivity index (χ1) is 15.6. The summed E-state index contributed by atoms with van der Waals surface area (Å²) in [6.45, 7) is 0.304. The maximum absolute atomic E-state index is 12.2. The van der Waals surface area contributed by atoms with Gasteiger partial charge in [-0.1, -0.05) is 60.4 Å². The third-order valence-corrected chi connectivity index (χ3v) is 5.38. The molecule has 6 heteroatoms. The highest BCUT2D eigenvalue weighted by atomic mass is 16.5. The third kappa shape index (κ3) is 4.28. The van der Waals surface area contributed by atoms with Gasteiger partial charge >= 0.3 is 6.09 Å². The normalized spacial score (nSPS) is 11.5. The quantitative estimate of drug-likeness (QED) is 0.609. The summed E-state index contributed by atoms with van der Waals surface area (Å²) in [5, 5.41) is 2.62. The summed E-state index contributed by atoms with van der Waals surface area (Å²) in [6.07, 6.45) is -0.550. The number of rotatable bonds is 5. The SMILES string of the molecule is COc1ccc(C#CCNC(=O)OCC2c3ccccc3-c3ccccc32)c(C(N)=O)c1. The molecule has 0 atom stereocenters. The van der Waals surface area contributed by atoms with Crippen LogP contribution in [0.1, 0.15) is 33.0 Å². The zero-order valence-corrected chi connectivity index (χ0v) is 17.6. The van der Waals surface area contributed by atoms with Gasteiger partial charge in [0, 0.05) is 11.5 Å². The van der Waals surface area contributed by atoms with Gasteiger partial charge in [0.1, 0.15) is 12.4 Å². The second-order valence-corrected chi connectivity index (χ2v) is 7.26. The smallest absolute Gasteiger partial charge is 0.407 e. The van der Waals surface area contributed by atoms with Crippen molar-refractivity contribution >= 4 is 12.0 Å². The number of hydrogen-bond donors (Lipinski definition) is 2. The monoisotopic (exact) mass is 426 g/mol.